The van der Waals surface area contributed by atoms with E-state index in [2.05, 4.69) is 5.32 Å². The van der Waals surface area contributed by atoms with Crippen molar-refractivity contribution >= 4 is 29.9 Å². The zero-order valence-electron chi connectivity index (χ0n) is 10.4. The van der Waals surface area contributed by atoms with E-state index in [0.717, 1.165) is 31.2 Å². The Morgan fingerprint density at radius 3 is 2.63 bits per heavy atom. The van der Waals surface area contributed by atoms with Crippen LogP contribution in [0.4, 0.5) is 4.39 Å². The average molecular weight is 307 g/mol. The number of amides is 1. The molecule has 0 aromatic heterocycles. The third-order valence-electron chi connectivity index (χ3n) is 3.39. The summed E-state index contributed by atoms with van der Waals surface area (Å²) in [5.41, 5.74) is 6.05. The van der Waals surface area contributed by atoms with Crippen LogP contribution in [0, 0.1) is 5.82 Å². The van der Waals surface area contributed by atoms with Crippen molar-refractivity contribution in [3.63, 3.8) is 0 Å². The Balaban J connectivity index is 0.00000180. The first kappa shape index (κ1) is 16.2. The molecule has 0 heterocycles. The Bertz CT molecular complexity index is 462. The van der Waals surface area contributed by atoms with E-state index in [0.29, 0.717) is 6.54 Å². The van der Waals surface area contributed by atoms with Crippen molar-refractivity contribution in [3.8, 4) is 0 Å². The molecule has 1 aliphatic carbocycles. The predicted molar refractivity (Wildman–Crippen MR) is 75.9 cm³/mol. The molecular weight excluding hydrogens is 290 g/mol. The highest BCUT2D eigenvalue weighted by Crippen LogP contribution is 2.27. The summed E-state index contributed by atoms with van der Waals surface area (Å²) in [7, 11) is 0. The molecule has 3 nitrogen and oxygen atoms in total. The quantitative estimate of drug-likeness (QED) is 0.902. The maximum Gasteiger partial charge on any atom is 0.240 e. The summed E-state index contributed by atoms with van der Waals surface area (Å²) in [5.74, 6) is -0.599. The van der Waals surface area contributed by atoms with E-state index in [-0.39, 0.29) is 23.3 Å². The number of rotatable bonds is 3. The highest BCUT2D eigenvalue weighted by atomic mass is 35.5. The van der Waals surface area contributed by atoms with Crippen molar-refractivity contribution in [3.05, 3.63) is 34.6 Å². The summed E-state index contributed by atoms with van der Waals surface area (Å²) < 4.78 is 13.0. The summed E-state index contributed by atoms with van der Waals surface area (Å²) in [6, 6.07) is 4.39. The van der Waals surface area contributed by atoms with Crippen LogP contribution in [0.5, 0.6) is 0 Å². The molecule has 2 rings (SSSR count). The maximum atomic E-state index is 13.0. The molecule has 1 aromatic rings. The van der Waals surface area contributed by atoms with Crippen molar-refractivity contribution in [2.24, 2.45) is 5.73 Å². The largest absolute Gasteiger partial charge is 0.350 e. The van der Waals surface area contributed by atoms with Crippen molar-refractivity contribution in [2.45, 2.75) is 37.8 Å². The molecule has 106 valence electrons. The van der Waals surface area contributed by atoms with Crippen LogP contribution < -0.4 is 11.1 Å². The van der Waals surface area contributed by atoms with Crippen LogP contribution >= 0.6 is 24.0 Å². The van der Waals surface area contributed by atoms with E-state index in [9.17, 15) is 9.18 Å². The van der Waals surface area contributed by atoms with Gasteiger partial charge in [-0.15, -0.1) is 12.4 Å². The first-order chi connectivity index (χ1) is 8.51. The number of halogens is 3. The second kappa shape index (κ2) is 6.55. The lowest BCUT2D eigenvalue weighted by Crippen LogP contribution is -2.51. The van der Waals surface area contributed by atoms with E-state index in [4.69, 9.17) is 17.3 Å². The molecular formula is C13H17Cl2FN2O. The molecule has 1 saturated carbocycles. The van der Waals surface area contributed by atoms with Gasteiger partial charge in [0.2, 0.25) is 5.91 Å². The minimum Gasteiger partial charge on any atom is -0.350 e. The zero-order valence-corrected chi connectivity index (χ0v) is 12.0. The van der Waals surface area contributed by atoms with Gasteiger partial charge < -0.3 is 11.1 Å². The number of nitrogens with one attached hydrogen (secondary N) is 1. The predicted octanol–water partition coefficient (Wildman–Crippen LogP) is 2.79. The Hall–Kier alpha value is -0.840. The number of hydrogen-bond acceptors (Lipinski definition) is 2. The Morgan fingerprint density at radius 2 is 2.05 bits per heavy atom. The van der Waals surface area contributed by atoms with Crippen LogP contribution in [-0.4, -0.2) is 11.4 Å². The van der Waals surface area contributed by atoms with Gasteiger partial charge in [0.1, 0.15) is 5.82 Å². The van der Waals surface area contributed by atoms with Crippen molar-refractivity contribution in [2.75, 3.05) is 0 Å². The Kier molecular flexibility index (Phi) is 5.59. The highest BCUT2D eigenvalue weighted by Gasteiger charge is 2.36. The first-order valence-corrected chi connectivity index (χ1v) is 6.40. The number of carbonyl (C=O) groups excluding carboxylic acids is 1. The third-order valence-corrected chi connectivity index (χ3v) is 3.67. The molecule has 0 atom stereocenters. The molecule has 3 N–H and O–H groups in total. The molecule has 19 heavy (non-hydrogen) atoms. The minimum absolute atomic E-state index is 0. The van der Waals surface area contributed by atoms with Gasteiger partial charge in [-0.25, -0.2) is 4.39 Å². The fourth-order valence-corrected chi connectivity index (χ4v) is 2.44. The molecule has 0 saturated heterocycles. The number of benzene rings is 1. The standard InChI is InChI=1S/C13H16ClFN2O.ClH/c14-10-7-9(3-4-11(10)15)8-17-12(18)13(16)5-1-2-6-13;/h3-4,7H,1-2,5-6,8,16H2,(H,17,18);1H. The molecule has 0 aliphatic heterocycles. The molecule has 1 aliphatic rings. The lowest BCUT2D eigenvalue weighted by Gasteiger charge is -2.22. The van der Waals surface area contributed by atoms with Crippen molar-refractivity contribution < 1.29 is 9.18 Å². The first-order valence-electron chi connectivity index (χ1n) is 6.02. The van der Waals surface area contributed by atoms with E-state index in [1.165, 1.54) is 12.1 Å². The van der Waals surface area contributed by atoms with Crippen molar-refractivity contribution in [1.29, 1.82) is 0 Å². The zero-order chi connectivity index (χ0) is 13.2. The Labute approximate surface area is 123 Å². The second-order valence-corrected chi connectivity index (χ2v) is 5.20. The van der Waals surface area contributed by atoms with Gasteiger partial charge in [-0.3, -0.25) is 4.79 Å². The highest BCUT2D eigenvalue weighted by molar-refractivity contribution is 6.30. The summed E-state index contributed by atoms with van der Waals surface area (Å²) in [4.78, 5) is 11.9. The van der Waals surface area contributed by atoms with Gasteiger partial charge in [0.15, 0.2) is 0 Å². The summed E-state index contributed by atoms with van der Waals surface area (Å²) >= 11 is 5.67. The van der Waals surface area contributed by atoms with Gasteiger partial charge in [0.05, 0.1) is 10.6 Å². The number of carbonyl (C=O) groups is 1. The van der Waals surface area contributed by atoms with Crippen LogP contribution in [0.25, 0.3) is 0 Å². The number of hydrogen-bond donors (Lipinski definition) is 2. The minimum atomic E-state index is -0.732. The third kappa shape index (κ3) is 3.81. The molecule has 0 radical (unpaired) electrons. The van der Waals surface area contributed by atoms with E-state index in [1.54, 1.807) is 6.07 Å². The smallest absolute Gasteiger partial charge is 0.240 e. The van der Waals surface area contributed by atoms with E-state index in [1.807, 2.05) is 0 Å². The molecule has 0 bridgehead atoms. The average Bonchev–Trinajstić information content (AvgIpc) is 2.79. The van der Waals surface area contributed by atoms with Crippen LogP contribution in [-0.2, 0) is 11.3 Å². The van der Waals surface area contributed by atoms with Gasteiger partial charge in [-0.2, -0.15) is 0 Å². The summed E-state index contributed by atoms with van der Waals surface area (Å²) in [6.07, 6.45) is 3.44. The molecule has 1 fully saturated rings. The van der Waals surface area contributed by atoms with Gasteiger partial charge in [-0.05, 0) is 30.5 Å². The fraction of sp³-hybridized carbons (Fsp3) is 0.462. The molecule has 0 unspecified atom stereocenters. The van der Waals surface area contributed by atoms with Crippen LogP contribution in [0.15, 0.2) is 18.2 Å². The Morgan fingerprint density at radius 1 is 1.42 bits per heavy atom. The number of nitrogens with two attached hydrogens (primary N) is 1. The van der Waals surface area contributed by atoms with Crippen LogP contribution in [0.3, 0.4) is 0 Å². The lowest BCUT2D eigenvalue weighted by molar-refractivity contribution is -0.126. The normalized spacial score (nSPS) is 16.8. The summed E-state index contributed by atoms with van der Waals surface area (Å²) in [5, 5.41) is 2.84. The van der Waals surface area contributed by atoms with Crippen LogP contribution in [0.2, 0.25) is 5.02 Å². The molecule has 1 aromatic carbocycles. The lowest BCUT2D eigenvalue weighted by atomic mass is 9.98. The van der Waals surface area contributed by atoms with Crippen molar-refractivity contribution in [1.82, 2.24) is 5.32 Å². The van der Waals surface area contributed by atoms with Gasteiger partial charge in [0.25, 0.3) is 0 Å². The maximum absolute atomic E-state index is 13.0. The van der Waals surface area contributed by atoms with Gasteiger partial charge in [0, 0.05) is 6.54 Å². The monoisotopic (exact) mass is 306 g/mol. The molecule has 0 spiro atoms. The van der Waals surface area contributed by atoms with E-state index < -0.39 is 11.4 Å². The van der Waals surface area contributed by atoms with E-state index >= 15 is 0 Å². The van der Waals surface area contributed by atoms with Gasteiger partial charge >= 0.3 is 0 Å². The molecule has 1 amide bonds. The topological polar surface area (TPSA) is 55.1 Å². The fourth-order valence-electron chi connectivity index (χ4n) is 2.24. The second-order valence-electron chi connectivity index (χ2n) is 4.79. The van der Waals surface area contributed by atoms with Gasteiger partial charge in [-0.1, -0.05) is 30.5 Å². The SMILES string of the molecule is Cl.NC1(C(=O)NCc2ccc(F)c(Cl)c2)CCCC1. The molecule has 6 heteroatoms. The van der Waals surface area contributed by atoms with Crippen LogP contribution in [0.1, 0.15) is 31.2 Å². The summed E-state index contributed by atoms with van der Waals surface area (Å²) in [6.45, 7) is 0.317.